The molecule has 0 aromatic heterocycles. The van der Waals surface area contributed by atoms with Crippen molar-refractivity contribution in [3.05, 3.63) is 65.7 Å². The van der Waals surface area contributed by atoms with Crippen LogP contribution in [0.5, 0.6) is 0 Å². The van der Waals surface area contributed by atoms with Gasteiger partial charge in [0.2, 0.25) is 5.91 Å². The predicted octanol–water partition coefficient (Wildman–Crippen LogP) is 2.87. The van der Waals surface area contributed by atoms with Gasteiger partial charge in [-0.1, -0.05) is 24.3 Å². The van der Waals surface area contributed by atoms with E-state index >= 15 is 0 Å². The van der Waals surface area contributed by atoms with Gasteiger partial charge in [-0.15, -0.1) is 0 Å². The zero-order valence-electron chi connectivity index (χ0n) is 14.2. The number of aromatic carboxylic acids is 1. The van der Waals surface area contributed by atoms with E-state index < -0.39 is 5.97 Å². The van der Waals surface area contributed by atoms with Gasteiger partial charge in [0.05, 0.1) is 24.5 Å². The van der Waals surface area contributed by atoms with Crippen LogP contribution in [0.25, 0.3) is 6.08 Å². The van der Waals surface area contributed by atoms with Gasteiger partial charge in [-0.3, -0.25) is 4.79 Å². The summed E-state index contributed by atoms with van der Waals surface area (Å²) in [5, 5.41) is 11.7. The summed E-state index contributed by atoms with van der Waals surface area (Å²) in [6, 6.07) is 14.2. The highest BCUT2D eigenvalue weighted by Gasteiger charge is 2.11. The van der Waals surface area contributed by atoms with Crippen molar-refractivity contribution in [1.82, 2.24) is 0 Å². The van der Waals surface area contributed by atoms with Crippen LogP contribution in [0, 0.1) is 0 Å². The fraction of sp³-hybridized carbons (Fsp3) is 0.200. The van der Waals surface area contributed by atoms with Gasteiger partial charge in [0.1, 0.15) is 0 Å². The smallest absolute Gasteiger partial charge is 0.337 e. The van der Waals surface area contributed by atoms with E-state index in [2.05, 4.69) is 10.2 Å². The molecule has 0 bridgehead atoms. The molecule has 134 valence electrons. The van der Waals surface area contributed by atoms with Crippen molar-refractivity contribution in [2.75, 3.05) is 36.5 Å². The van der Waals surface area contributed by atoms with Gasteiger partial charge in [0, 0.05) is 24.9 Å². The highest BCUT2D eigenvalue weighted by molar-refractivity contribution is 6.06. The summed E-state index contributed by atoms with van der Waals surface area (Å²) in [6.07, 6.45) is 3.09. The van der Waals surface area contributed by atoms with Crippen molar-refractivity contribution in [3.63, 3.8) is 0 Å². The molecule has 2 N–H and O–H groups in total. The van der Waals surface area contributed by atoms with Gasteiger partial charge >= 0.3 is 5.97 Å². The molecule has 0 atom stereocenters. The van der Waals surface area contributed by atoms with Crippen molar-refractivity contribution in [1.29, 1.82) is 0 Å². The number of carboxylic acid groups (broad SMARTS) is 1. The molecule has 0 spiro atoms. The molecule has 0 radical (unpaired) electrons. The van der Waals surface area contributed by atoms with Crippen LogP contribution in [-0.4, -0.2) is 43.3 Å². The Balaban J connectivity index is 1.62. The number of carboxylic acids is 1. The molecule has 1 saturated heterocycles. The summed E-state index contributed by atoms with van der Waals surface area (Å²) in [4.78, 5) is 25.5. The molecule has 1 heterocycles. The normalized spacial score (nSPS) is 14.4. The number of ether oxygens (including phenoxy) is 1. The molecule has 0 saturated carbocycles. The summed E-state index contributed by atoms with van der Waals surface area (Å²) in [6.45, 7) is 3.22. The monoisotopic (exact) mass is 352 g/mol. The van der Waals surface area contributed by atoms with Crippen LogP contribution in [0.3, 0.4) is 0 Å². The number of amides is 1. The molecular formula is C20H20N2O4. The van der Waals surface area contributed by atoms with Crippen LogP contribution in [0.2, 0.25) is 0 Å². The average molecular weight is 352 g/mol. The van der Waals surface area contributed by atoms with Crippen molar-refractivity contribution in [3.8, 4) is 0 Å². The van der Waals surface area contributed by atoms with Crippen molar-refractivity contribution < 1.29 is 19.4 Å². The van der Waals surface area contributed by atoms with E-state index in [0.717, 1.165) is 37.6 Å². The zero-order valence-corrected chi connectivity index (χ0v) is 14.2. The van der Waals surface area contributed by atoms with E-state index in [4.69, 9.17) is 9.84 Å². The molecule has 2 aromatic rings. The first-order valence-corrected chi connectivity index (χ1v) is 8.37. The quantitative estimate of drug-likeness (QED) is 0.809. The Morgan fingerprint density at radius 1 is 1.04 bits per heavy atom. The number of hydrogen-bond donors (Lipinski definition) is 2. The number of rotatable bonds is 5. The number of benzene rings is 2. The minimum atomic E-state index is -1.08. The number of morpholine rings is 1. The lowest BCUT2D eigenvalue weighted by Gasteiger charge is -2.28. The van der Waals surface area contributed by atoms with Crippen LogP contribution in [-0.2, 0) is 9.53 Å². The van der Waals surface area contributed by atoms with Gasteiger partial charge in [0.15, 0.2) is 0 Å². The molecule has 1 fully saturated rings. The summed E-state index contributed by atoms with van der Waals surface area (Å²) >= 11 is 0. The third-order valence-electron chi connectivity index (χ3n) is 4.11. The largest absolute Gasteiger partial charge is 0.478 e. The minimum absolute atomic E-state index is 0.0594. The standard InChI is InChI=1S/C20H20N2O4/c23-19(21-18-4-2-1-3-17(18)20(24)25)10-7-15-5-8-16(9-6-15)22-11-13-26-14-12-22/h1-10H,11-14H2,(H,21,23)(H,24,25)/b10-7+. The van der Waals surface area contributed by atoms with E-state index in [1.165, 1.54) is 12.1 Å². The predicted molar refractivity (Wildman–Crippen MR) is 101 cm³/mol. The van der Waals surface area contributed by atoms with E-state index in [0.29, 0.717) is 0 Å². The number of anilines is 2. The summed E-state index contributed by atoms with van der Waals surface area (Å²) in [5.41, 5.74) is 2.36. The van der Waals surface area contributed by atoms with Crippen molar-refractivity contribution in [2.24, 2.45) is 0 Å². The van der Waals surface area contributed by atoms with E-state index in [9.17, 15) is 9.59 Å². The van der Waals surface area contributed by atoms with Crippen LogP contribution >= 0.6 is 0 Å². The Kier molecular flexibility index (Phi) is 5.66. The third-order valence-corrected chi connectivity index (χ3v) is 4.11. The van der Waals surface area contributed by atoms with Crippen LogP contribution < -0.4 is 10.2 Å². The van der Waals surface area contributed by atoms with E-state index in [-0.39, 0.29) is 17.2 Å². The lowest BCUT2D eigenvalue weighted by molar-refractivity contribution is -0.111. The number of nitrogens with zero attached hydrogens (tertiary/aromatic N) is 1. The molecule has 1 aliphatic heterocycles. The Morgan fingerprint density at radius 3 is 2.42 bits per heavy atom. The number of nitrogens with one attached hydrogen (secondary N) is 1. The maximum absolute atomic E-state index is 12.1. The number of para-hydroxylation sites is 1. The zero-order chi connectivity index (χ0) is 18.4. The molecule has 0 unspecified atom stereocenters. The number of carbonyl (C=O) groups is 2. The Hall–Kier alpha value is -3.12. The second-order valence-electron chi connectivity index (χ2n) is 5.86. The van der Waals surface area contributed by atoms with Crippen molar-refractivity contribution >= 4 is 29.3 Å². The molecule has 6 heteroatoms. The second-order valence-corrected chi connectivity index (χ2v) is 5.86. The SMILES string of the molecule is O=C(/C=C/c1ccc(N2CCOCC2)cc1)Nc1ccccc1C(=O)O. The number of hydrogen-bond acceptors (Lipinski definition) is 4. The first-order valence-electron chi connectivity index (χ1n) is 8.37. The minimum Gasteiger partial charge on any atom is -0.478 e. The summed E-state index contributed by atoms with van der Waals surface area (Å²) < 4.78 is 5.35. The molecule has 6 nitrogen and oxygen atoms in total. The van der Waals surface area contributed by atoms with Gasteiger partial charge < -0.3 is 20.1 Å². The van der Waals surface area contributed by atoms with Gasteiger partial charge in [-0.05, 0) is 35.9 Å². The Labute approximate surface area is 151 Å². The summed E-state index contributed by atoms with van der Waals surface area (Å²) in [7, 11) is 0. The van der Waals surface area contributed by atoms with Crippen LogP contribution in [0.1, 0.15) is 15.9 Å². The fourth-order valence-corrected chi connectivity index (χ4v) is 2.74. The van der Waals surface area contributed by atoms with Crippen LogP contribution in [0.4, 0.5) is 11.4 Å². The molecular weight excluding hydrogens is 332 g/mol. The molecule has 2 aromatic carbocycles. The highest BCUT2D eigenvalue weighted by atomic mass is 16.5. The Bertz CT molecular complexity index is 809. The number of carbonyl (C=O) groups excluding carboxylic acids is 1. The molecule has 1 aliphatic rings. The van der Waals surface area contributed by atoms with Gasteiger partial charge in [-0.2, -0.15) is 0 Å². The van der Waals surface area contributed by atoms with Crippen LogP contribution in [0.15, 0.2) is 54.6 Å². The second kappa shape index (κ2) is 8.31. The first-order chi connectivity index (χ1) is 12.6. The molecule has 0 aliphatic carbocycles. The highest BCUT2D eigenvalue weighted by Crippen LogP contribution is 2.18. The third kappa shape index (κ3) is 4.49. The molecule has 1 amide bonds. The Morgan fingerprint density at radius 2 is 1.73 bits per heavy atom. The maximum atomic E-state index is 12.1. The topological polar surface area (TPSA) is 78.9 Å². The lowest BCUT2D eigenvalue weighted by atomic mass is 10.1. The summed E-state index contributed by atoms with van der Waals surface area (Å²) in [5.74, 6) is -1.46. The molecule has 26 heavy (non-hydrogen) atoms. The van der Waals surface area contributed by atoms with Gasteiger partial charge in [-0.25, -0.2) is 4.79 Å². The van der Waals surface area contributed by atoms with Gasteiger partial charge in [0.25, 0.3) is 0 Å². The fourth-order valence-electron chi connectivity index (χ4n) is 2.74. The van der Waals surface area contributed by atoms with E-state index in [1.54, 1.807) is 24.3 Å². The van der Waals surface area contributed by atoms with E-state index in [1.807, 2.05) is 24.3 Å². The maximum Gasteiger partial charge on any atom is 0.337 e. The van der Waals surface area contributed by atoms with Crippen molar-refractivity contribution in [2.45, 2.75) is 0 Å². The average Bonchev–Trinajstić information content (AvgIpc) is 2.68. The lowest BCUT2D eigenvalue weighted by Crippen LogP contribution is -2.36. The molecule has 3 rings (SSSR count). The first kappa shape index (κ1) is 17.7.